The van der Waals surface area contributed by atoms with Gasteiger partial charge >= 0.3 is 0 Å². The van der Waals surface area contributed by atoms with Crippen LogP contribution in [-0.4, -0.2) is 23.8 Å². The van der Waals surface area contributed by atoms with Crippen molar-refractivity contribution < 1.29 is 14.4 Å². The molecule has 0 aromatic heterocycles. The van der Waals surface area contributed by atoms with E-state index in [1.807, 2.05) is 0 Å². The van der Waals surface area contributed by atoms with Crippen molar-refractivity contribution in [3.63, 3.8) is 0 Å². The van der Waals surface area contributed by atoms with E-state index < -0.39 is 6.04 Å². The van der Waals surface area contributed by atoms with Crippen molar-refractivity contribution in [3.8, 4) is 0 Å². The summed E-state index contributed by atoms with van der Waals surface area (Å²) < 4.78 is 0. The Hall–Kier alpha value is -1.39. The van der Waals surface area contributed by atoms with Gasteiger partial charge in [-0.3, -0.25) is 19.7 Å². The van der Waals surface area contributed by atoms with Crippen LogP contribution in [0, 0.1) is 0 Å². The van der Waals surface area contributed by atoms with E-state index in [1.54, 1.807) is 0 Å². The van der Waals surface area contributed by atoms with E-state index in [9.17, 15) is 14.4 Å². The molecule has 1 aliphatic heterocycles. The summed E-state index contributed by atoms with van der Waals surface area (Å²) in [7, 11) is 0. The largest absolute Gasteiger partial charge is 0.344 e. The summed E-state index contributed by atoms with van der Waals surface area (Å²) in [5, 5.41) is 4.94. The number of carbonyl (C=O) groups excluding carboxylic acids is 3. The highest BCUT2D eigenvalue weighted by Crippen LogP contribution is 2.09. The number of imide groups is 1. The molecule has 0 saturated carbocycles. The second-order valence-electron chi connectivity index (χ2n) is 5.44. The third kappa shape index (κ3) is 6.68. The average molecular weight is 282 g/mol. The Kier molecular flexibility index (Phi) is 7.92. The Labute approximate surface area is 120 Å². The van der Waals surface area contributed by atoms with Crippen molar-refractivity contribution in [1.82, 2.24) is 10.6 Å². The summed E-state index contributed by atoms with van der Waals surface area (Å²) in [6.07, 6.45) is 9.32. The number of hydrogen-bond donors (Lipinski definition) is 2. The maximum atomic E-state index is 11.7. The van der Waals surface area contributed by atoms with Gasteiger partial charge < -0.3 is 5.32 Å². The fraction of sp³-hybridized carbons (Fsp3) is 0.800. The van der Waals surface area contributed by atoms with Gasteiger partial charge in [-0.1, -0.05) is 45.4 Å². The second-order valence-corrected chi connectivity index (χ2v) is 5.44. The first-order valence-electron chi connectivity index (χ1n) is 7.76. The Morgan fingerprint density at radius 2 is 1.80 bits per heavy atom. The Balaban J connectivity index is 2.05. The molecule has 114 valence electrons. The molecule has 5 nitrogen and oxygen atoms in total. The SMILES string of the molecule is CCCCCCCCCC(=O)NC1CCC(=O)NC1=O. The molecule has 5 heteroatoms. The van der Waals surface area contributed by atoms with Crippen molar-refractivity contribution in [1.29, 1.82) is 0 Å². The van der Waals surface area contributed by atoms with E-state index in [0.29, 0.717) is 19.3 Å². The summed E-state index contributed by atoms with van der Waals surface area (Å²) in [6, 6.07) is -0.537. The molecule has 1 aliphatic rings. The Morgan fingerprint density at radius 1 is 1.15 bits per heavy atom. The molecule has 1 unspecified atom stereocenters. The molecular formula is C15H26N2O3. The van der Waals surface area contributed by atoms with Crippen LogP contribution in [0.2, 0.25) is 0 Å². The van der Waals surface area contributed by atoms with Crippen LogP contribution in [0.5, 0.6) is 0 Å². The monoisotopic (exact) mass is 282 g/mol. The van der Waals surface area contributed by atoms with Gasteiger partial charge in [0, 0.05) is 12.8 Å². The molecule has 0 spiro atoms. The van der Waals surface area contributed by atoms with Gasteiger partial charge in [-0.05, 0) is 12.8 Å². The normalized spacial score (nSPS) is 18.8. The Bertz CT molecular complexity index is 342. The zero-order valence-electron chi connectivity index (χ0n) is 12.4. The van der Waals surface area contributed by atoms with Gasteiger partial charge in [0.05, 0.1) is 0 Å². The number of nitrogens with one attached hydrogen (secondary N) is 2. The molecule has 1 atom stereocenters. The number of unbranched alkanes of at least 4 members (excludes halogenated alkanes) is 6. The maximum Gasteiger partial charge on any atom is 0.249 e. The molecule has 0 aromatic carbocycles. The highest BCUT2D eigenvalue weighted by Gasteiger charge is 2.27. The molecule has 1 rings (SSSR count). The second kappa shape index (κ2) is 9.50. The highest BCUT2D eigenvalue weighted by molar-refractivity contribution is 6.01. The summed E-state index contributed by atoms with van der Waals surface area (Å²) in [5.74, 6) is -0.727. The van der Waals surface area contributed by atoms with Crippen LogP contribution in [0.25, 0.3) is 0 Å². The fourth-order valence-electron chi connectivity index (χ4n) is 2.34. The molecule has 3 amide bonds. The smallest absolute Gasteiger partial charge is 0.249 e. The molecule has 1 saturated heterocycles. The van der Waals surface area contributed by atoms with E-state index in [1.165, 1.54) is 32.1 Å². The third-order valence-corrected chi connectivity index (χ3v) is 3.58. The summed E-state index contributed by atoms with van der Waals surface area (Å²) in [4.78, 5) is 34.1. The van der Waals surface area contributed by atoms with Gasteiger partial charge in [0.15, 0.2) is 0 Å². The van der Waals surface area contributed by atoms with Gasteiger partial charge in [-0.15, -0.1) is 0 Å². The zero-order chi connectivity index (χ0) is 14.8. The van der Waals surface area contributed by atoms with E-state index in [2.05, 4.69) is 17.6 Å². The summed E-state index contributed by atoms with van der Waals surface area (Å²) in [6.45, 7) is 2.19. The van der Waals surface area contributed by atoms with E-state index in [0.717, 1.165) is 12.8 Å². The molecule has 0 aliphatic carbocycles. The highest BCUT2D eigenvalue weighted by atomic mass is 16.2. The quantitative estimate of drug-likeness (QED) is 0.502. The van der Waals surface area contributed by atoms with E-state index >= 15 is 0 Å². The van der Waals surface area contributed by atoms with Crippen LogP contribution in [0.3, 0.4) is 0 Å². The molecular weight excluding hydrogens is 256 g/mol. The number of amides is 3. The van der Waals surface area contributed by atoms with Crippen molar-refractivity contribution in [3.05, 3.63) is 0 Å². The predicted octanol–water partition coefficient (Wildman–Crippen LogP) is 2.05. The van der Waals surface area contributed by atoms with Gasteiger partial charge in [0.2, 0.25) is 17.7 Å². The first-order valence-corrected chi connectivity index (χ1v) is 7.76. The van der Waals surface area contributed by atoms with Crippen LogP contribution in [0.1, 0.15) is 71.1 Å². The lowest BCUT2D eigenvalue weighted by Gasteiger charge is -2.21. The standard InChI is InChI=1S/C15H26N2O3/c1-2-3-4-5-6-7-8-9-13(18)16-12-10-11-14(19)17-15(12)20/h12H,2-11H2,1H3,(H,16,18)(H,17,19,20). The molecule has 0 radical (unpaired) electrons. The van der Waals surface area contributed by atoms with Crippen molar-refractivity contribution in [2.24, 2.45) is 0 Å². The number of hydrogen-bond acceptors (Lipinski definition) is 3. The predicted molar refractivity (Wildman–Crippen MR) is 76.9 cm³/mol. The molecule has 2 N–H and O–H groups in total. The number of carbonyl (C=O) groups is 3. The van der Waals surface area contributed by atoms with Crippen LogP contribution in [-0.2, 0) is 14.4 Å². The lowest BCUT2D eigenvalue weighted by Crippen LogP contribution is -2.52. The topological polar surface area (TPSA) is 75.3 Å². The molecule has 0 aromatic rings. The molecule has 0 bridgehead atoms. The van der Waals surface area contributed by atoms with Gasteiger partial charge in [-0.25, -0.2) is 0 Å². The summed E-state index contributed by atoms with van der Waals surface area (Å²) in [5.41, 5.74) is 0. The molecule has 20 heavy (non-hydrogen) atoms. The minimum Gasteiger partial charge on any atom is -0.344 e. The lowest BCUT2D eigenvalue weighted by atomic mass is 10.1. The van der Waals surface area contributed by atoms with Gasteiger partial charge in [0.1, 0.15) is 6.04 Å². The third-order valence-electron chi connectivity index (χ3n) is 3.58. The first kappa shape index (κ1) is 16.7. The number of rotatable bonds is 9. The maximum absolute atomic E-state index is 11.7. The lowest BCUT2D eigenvalue weighted by molar-refractivity contribution is -0.137. The number of piperidine rings is 1. The van der Waals surface area contributed by atoms with Gasteiger partial charge in [0.25, 0.3) is 0 Å². The average Bonchev–Trinajstić information content (AvgIpc) is 2.41. The Morgan fingerprint density at radius 3 is 2.45 bits per heavy atom. The zero-order valence-corrected chi connectivity index (χ0v) is 12.4. The van der Waals surface area contributed by atoms with Crippen LogP contribution >= 0.6 is 0 Å². The van der Waals surface area contributed by atoms with Crippen LogP contribution in [0.15, 0.2) is 0 Å². The first-order chi connectivity index (χ1) is 9.63. The minimum atomic E-state index is -0.537. The minimum absolute atomic E-state index is 0.0898. The van der Waals surface area contributed by atoms with Crippen LogP contribution in [0.4, 0.5) is 0 Å². The van der Waals surface area contributed by atoms with Crippen molar-refractivity contribution >= 4 is 17.7 Å². The molecule has 1 fully saturated rings. The molecule has 1 heterocycles. The van der Waals surface area contributed by atoms with E-state index in [-0.39, 0.29) is 17.7 Å². The fourth-order valence-corrected chi connectivity index (χ4v) is 2.34. The van der Waals surface area contributed by atoms with Crippen molar-refractivity contribution in [2.75, 3.05) is 0 Å². The van der Waals surface area contributed by atoms with Gasteiger partial charge in [-0.2, -0.15) is 0 Å². The van der Waals surface area contributed by atoms with Crippen molar-refractivity contribution in [2.45, 2.75) is 77.2 Å². The van der Waals surface area contributed by atoms with E-state index in [4.69, 9.17) is 0 Å². The van der Waals surface area contributed by atoms with Crippen LogP contribution < -0.4 is 10.6 Å². The summed E-state index contributed by atoms with van der Waals surface area (Å²) >= 11 is 0.